The molecule has 1 atom stereocenters. The molecule has 0 bridgehead atoms. The zero-order valence-electron chi connectivity index (χ0n) is 14.8. The molecule has 0 aliphatic heterocycles. The highest BCUT2D eigenvalue weighted by Crippen LogP contribution is 2.32. The van der Waals surface area contributed by atoms with Gasteiger partial charge in [0, 0.05) is 5.30 Å². The fourth-order valence-corrected chi connectivity index (χ4v) is 7.32. The average Bonchev–Trinajstić information content (AvgIpc) is 2.66. The number of hydrogen-bond acceptors (Lipinski definition) is 4. The molecule has 0 saturated carbocycles. The summed E-state index contributed by atoms with van der Waals surface area (Å²) in [6.45, 7) is 0. The van der Waals surface area contributed by atoms with Gasteiger partial charge in [0.1, 0.15) is 9.79 Å². The SMILES string of the molecule is O=S(=O)(O)c1cc2ccccc2c(Pc2cccc3ccccc23)c1S(=O)(=O)O. The molecule has 0 heterocycles. The van der Waals surface area contributed by atoms with E-state index < -0.39 is 30.0 Å². The maximum Gasteiger partial charge on any atom is 0.296 e. The summed E-state index contributed by atoms with van der Waals surface area (Å²) < 4.78 is 67.8. The van der Waals surface area contributed by atoms with Gasteiger partial charge in [-0.25, -0.2) is 0 Å². The molecule has 0 aromatic heterocycles. The van der Waals surface area contributed by atoms with Crippen LogP contribution in [0.15, 0.2) is 82.6 Å². The van der Waals surface area contributed by atoms with E-state index in [-0.39, 0.29) is 13.9 Å². The van der Waals surface area contributed by atoms with E-state index in [2.05, 4.69) is 0 Å². The zero-order chi connectivity index (χ0) is 20.8. The van der Waals surface area contributed by atoms with Crippen molar-refractivity contribution in [3.63, 3.8) is 0 Å². The van der Waals surface area contributed by atoms with Crippen LogP contribution in [-0.4, -0.2) is 25.9 Å². The molecular formula is C20H15O6PS2. The van der Waals surface area contributed by atoms with Crippen LogP contribution in [0.1, 0.15) is 0 Å². The Labute approximate surface area is 169 Å². The van der Waals surface area contributed by atoms with Crippen molar-refractivity contribution in [2.75, 3.05) is 0 Å². The smallest absolute Gasteiger partial charge is 0.282 e. The van der Waals surface area contributed by atoms with Crippen LogP contribution in [0.2, 0.25) is 0 Å². The van der Waals surface area contributed by atoms with Crippen molar-refractivity contribution in [1.29, 1.82) is 0 Å². The number of fused-ring (bicyclic) bond motifs is 2. The molecule has 2 N–H and O–H groups in total. The quantitative estimate of drug-likeness (QED) is 0.368. The third-order valence-corrected chi connectivity index (χ3v) is 8.16. The van der Waals surface area contributed by atoms with E-state index in [0.29, 0.717) is 10.8 Å². The summed E-state index contributed by atoms with van der Waals surface area (Å²) in [5.41, 5.74) is 0. The van der Waals surface area contributed by atoms with Gasteiger partial charge in [0.2, 0.25) is 0 Å². The van der Waals surface area contributed by atoms with Gasteiger partial charge in [-0.05, 0) is 32.9 Å². The fraction of sp³-hybridized carbons (Fsp3) is 0. The van der Waals surface area contributed by atoms with Crippen LogP contribution in [0, 0.1) is 0 Å². The fourth-order valence-electron chi connectivity index (χ4n) is 3.34. The van der Waals surface area contributed by atoms with Crippen molar-refractivity contribution in [2.45, 2.75) is 9.79 Å². The number of rotatable bonds is 4. The standard InChI is InChI=1S/C20H15O6PS2/c21-28(22,23)18-12-14-7-2-4-10-16(14)19(20(18)29(24,25)26)27-17-11-5-8-13-6-1-3-9-15(13)17/h1-12,27H,(H,21,22,23)(H,24,25,26). The molecule has 29 heavy (non-hydrogen) atoms. The Hall–Kier alpha value is -2.35. The first kappa shape index (κ1) is 19.9. The van der Waals surface area contributed by atoms with Gasteiger partial charge in [-0.15, -0.1) is 0 Å². The average molecular weight is 446 g/mol. The minimum atomic E-state index is -4.94. The highest BCUT2D eigenvalue weighted by atomic mass is 32.2. The normalized spacial score (nSPS) is 12.9. The summed E-state index contributed by atoms with van der Waals surface area (Å²) in [4.78, 5) is -1.62. The van der Waals surface area contributed by atoms with Crippen LogP contribution in [0.25, 0.3) is 21.5 Å². The predicted molar refractivity (Wildman–Crippen MR) is 115 cm³/mol. The van der Waals surface area contributed by atoms with E-state index in [0.717, 1.165) is 22.1 Å². The highest BCUT2D eigenvalue weighted by Gasteiger charge is 2.29. The van der Waals surface area contributed by atoms with Gasteiger partial charge in [0.15, 0.2) is 0 Å². The van der Waals surface area contributed by atoms with Crippen molar-refractivity contribution in [3.8, 4) is 0 Å². The Morgan fingerprint density at radius 2 is 1.24 bits per heavy atom. The maximum absolute atomic E-state index is 12.2. The second-order valence-corrected chi connectivity index (χ2v) is 10.4. The number of benzene rings is 4. The second kappa shape index (κ2) is 7.16. The lowest BCUT2D eigenvalue weighted by molar-refractivity contribution is 0.467. The lowest BCUT2D eigenvalue weighted by Crippen LogP contribution is -2.20. The molecule has 148 valence electrons. The monoisotopic (exact) mass is 446 g/mol. The Balaban J connectivity index is 2.12. The molecule has 0 amide bonds. The molecular weight excluding hydrogens is 431 g/mol. The highest BCUT2D eigenvalue weighted by molar-refractivity contribution is 7.89. The summed E-state index contributed by atoms with van der Waals surface area (Å²) >= 11 is 0. The Morgan fingerprint density at radius 1 is 0.655 bits per heavy atom. The van der Waals surface area contributed by atoms with Gasteiger partial charge >= 0.3 is 0 Å². The van der Waals surface area contributed by atoms with Crippen LogP contribution in [0.4, 0.5) is 0 Å². The topological polar surface area (TPSA) is 109 Å². The molecule has 4 rings (SSSR count). The molecule has 4 aromatic rings. The molecule has 0 aliphatic rings. The predicted octanol–water partition coefficient (Wildman–Crippen LogP) is 3.12. The van der Waals surface area contributed by atoms with Gasteiger partial charge in [-0.2, -0.15) is 16.8 Å². The lowest BCUT2D eigenvalue weighted by atomic mass is 10.1. The second-order valence-electron chi connectivity index (χ2n) is 6.40. The molecule has 4 aromatic carbocycles. The van der Waals surface area contributed by atoms with E-state index in [9.17, 15) is 25.9 Å². The summed E-state index contributed by atoms with van der Waals surface area (Å²) in [6, 6.07) is 20.8. The molecule has 6 nitrogen and oxygen atoms in total. The minimum Gasteiger partial charge on any atom is -0.282 e. The number of hydrogen-bond donors (Lipinski definition) is 2. The van der Waals surface area contributed by atoms with Gasteiger partial charge in [-0.3, -0.25) is 9.11 Å². The van der Waals surface area contributed by atoms with Crippen molar-refractivity contribution >= 4 is 61.0 Å². The molecule has 0 spiro atoms. The summed E-state index contributed by atoms with van der Waals surface area (Å²) in [5.74, 6) is 0. The Kier molecular flexibility index (Phi) is 4.93. The third-order valence-electron chi connectivity index (χ3n) is 4.55. The summed E-state index contributed by atoms with van der Waals surface area (Å²) in [7, 11) is -10.1. The van der Waals surface area contributed by atoms with E-state index in [1.165, 1.54) is 0 Å². The van der Waals surface area contributed by atoms with Crippen LogP contribution < -0.4 is 10.6 Å². The van der Waals surface area contributed by atoms with Crippen molar-refractivity contribution in [3.05, 3.63) is 72.8 Å². The molecule has 0 aliphatic carbocycles. The van der Waals surface area contributed by atoms with Crippen LogP contribution in [0.3, 0.4) is 0 Å². The molecule has 0 saturated heterocycles. The van der Waals surface area contributed by atoms with E-state index >= 15 is 0 Å². The first-order valence-corrected chi connectivity index (χ1v) is 12.3. The van der Waals surface area contributed by atoms with E-state index in [1.807, 2.05) is 42.5 Å². The minimum absolute atomic E-state index is 0.134. The largest absolute Gasteiger partial charge is 0.296 e. The van der Waals surface area contributed by atoms with Crippen molar-refractivity contribution in [2.24, 2.45) is 0 Å². The maximum atomic E-state index is 12.2. The van der Waals surface area contributed by atoms with E-state index in [1.54, 1.807) is 24.3 Å². The first-order valence-electron chi connectivity index (χ1n) is 8.42. The van der Waals surface area contributed by atoms with Gasteiger partial charge in [0.05, 0.1) is 0 Å². The van der Waals surface area contributed by atoms with Crippen molar-refractivity contribution in [1.82, 2.24) is 0 Å². The van der Waals surface area contributed by atoms with Gasteiger partial charge in [-0.1, -0.05) is 75.3 Å². The summed E-state index contributed by atoms with van der Waals surface area (Å²) in [5, 5.41) is 3.67. The molecule has 1 unspecified atom stereocenters. The van der Waals surface area contributed by atoms with Crippen LogP contribution >= 0.6 is 8.58 Å². The van der Waals surface area contributed by atoms with Crippen LogP contribution in [0.5, 0.6) is 0 Å². The van der Waals surface area contributed by atoms with Gasteiger partial charge < -0.3 is 0 Å². The Morgan fingerprint density at radius 3 is 1.90 bits per heavy atom. The Bertz CT molecular complexity index is 1470. The molecule has 0 fully saturated rings. The third kappa shape index (κ3) is 3.77. The molecule has 0 radical (unpaired) electrons. The lowest BCUT2D eigenvalue weighted by Gasteiger charge is -2.16. The van der Waals surface area contributed by atoms with Crippen LogP contribution in [-0.2, 0) is 20.2 Å². The van der Waals surface area contributed by atoms with Crippen molar-refractivity contribution < 1.29 is 25.9 Å². The van der Waals surface area contributed by atoms with Gasteiger partial charge in [0.25, 0.3) is 20.2 Å². The summed E-state index contributed by atoms with van der Waals surface area (Å²) in [6.07, 6.45) is 0. The molecule has 9 heteroatoms. The van der Waals surface area contributed by atoms with E-state index in [4.69, 9.17) is 0 Å². The zero-order valence-corrected chi connectivity index (χ0v) is 17.4. The first-order chi connectivity index (χ1) is 13.7.